The predicted octanol–water partition coefficient (Wildman–Crippen LogP) is 7.00. The Morgan fingerprint density at radius 2 is 1.85 bits per heavy atom. The largest absolute Gasteiger partial charge is 0.492 e. The summed E-state index contributed by atoms with van der Waals surface area (Å²) < 4.78 is 8.53. The molecular weight excluding hydrogens is 504 g/mol. The molecule has 1 aliphatic carbocycles. The Morgan fingerprint density at radius 1 is 0.976 bits per heavy atom. The molecule has 208 valence electrons. The number of unbranched alkanes of at least 4 members (excludes halogenated alkanes) is 1. The number of allylic oxidation sites excluding steroid dienone is 2. The molecule has 2 atom stereocenters. The van der Waals surface area contributed by atoms with Gasteiger partial charge in [-0.05, 0) is 78.5 Å². The molecule has 3 aromatic carbocycles. The molecule has 0 saturated heterocycles. The summed E-state index contributed by atoms with van der Waals surface area (Å²) in [6, 6.07) is 24.4. The Hall–Kier alpha value is -4.09. The van der Waals surface area contributed by atoms with Gasteiger partial charge in [-0.15, -0.1) is 0 Å². The highest BCUT2D eigenvalue weighted by molar-refractivity contribution is 5.65. The van der Waals surface area contributed by atoms with E-state index in [2.05, 4.69) is 119 Å². The van der Waals surface area contributed by atoms with Crippen molar-refractivity contribution in [3.8, 4) is 22.7 Å². The number of para-hydroxylation sites is 1. The Bertz CT molecular complexity index is 1580. The molecule has 1 N–H and O–H groups in total. The Labute approximate surface area is 243 Å². The minimum atomic E-state index is 0.367. The highest BCUT2D eigenvalue weighted by Gasteiger charge is 2.35. The third-order valence-electron chi connectivity index (χ3n) is 8.71. The van der Waals surface area contributed by atoms with Crippen LogP contribution in [0.2, 0.25) is 0 Å². The zero-order valence-electron chi connectivity index (χ0n) is 23.8. The summed E-state index contributed by atoms with van der Waals surface area (Å²) in [6.45, 7) is 5.72. The number of imidazole rings is 1. The lowest BCUT2D eigenvalue weighted by atomic mass is 9.91. The molecule has 0 amide bonds. The smallest absolute Gasteiger partial charge is 0.119 e. The van der Waals surface area contributed by atoms with Gasteiger partial charge in [0.2, 0.25) is 0 Å². The second kappa shape index (κ2) is 11.4. The maximum Gasteiger partial charge on any atom is 0.119 e. The highest BCUT2D eigenvalue weighted by atomic mass is 16.5. The first-order chi connectivity index (χ1) is 20.3. The summed E-state index contributed by atoms with van der Waals surface area (Å²) in [5, 5.41) is 3.51. The van der Waals surface area contributed by atoms with E-state index in [9.17, 15) is 0 Å². The van der Waals surface area contributed by atoms with Crippen LogP contribution < -0.4 is 15.0 Å². The fourth-order valence-corrected chi connectivity index (χ4v) is 6.53. The first-order valence-electron chi connectivity index (χ1n) is 15.1. The van der Waals surface area contributed by atoms with Crippen LogP contribution in [0.5, 0.6) is 5.75 Å². The van der Waals surface area contributed by atoms with E-state index < -0.39 is 0 Å². The molecule has 4 aromatic rings. The van der Waals surface area contributed by atoms with Crippen molar-refractivity contribution in [2.75, 3.05) is 24.6 Å². The first-order valence-corrected chi connectivity index (χ1v) is 15.1. The molecular formula is C36H38N4O. The lowest BCUT2D eigenvalue weighted by Crippen LogP contribution is -2.36. The van der Waals surface area contributed by atoms with E-state index in [0.29, 0.717) is 18.6 Å². The van der Waals surface area contributed by atoms with Crippen molar-refractivity contribution < 1.29 is 4.74 Å². The van der Waals surface area contributed by atoms with Gasteiger partial charge in [0.25, 0.3) is 0 Å². The maximum atomic E-state index is 6.24. The number of anilines is 1. The number of hydrogen-bond donors (Lipinski definition) is 1. The van der Waals surface area contributed by atoms with Crippen LogP contribution in [0.15, 0.2) is 97.2 Å². The molecule has 0 saturated carbocycles. The van der Waals surface area contributed by atoms with E-state index in [1.165, 1.54) is 28.1 Å². The van der Waals surface area contributed by atoms with E-state index in [0.717, 1.165) is 68.1 Å². The number of ether oxygens (including phenoxy) is 1. The third-order valence-corrected chi connectivity index (χ3v) is 8.71. The average Bonchev–Trinajstić information content (AvgIpc) is 3.60. The lowest BCUT2D eigenvalue weighted by molar-refractivity contribution is 0.322. The second-order valence-corrected chi connectivity index (χ2v) is 11.3. The van der Waals surface area contributed by atoms with Gasteiger partial charge < -0.3 is 19.5 Å². The van der Waals surface area contributed by atoms with Crippen LogP contribution in [-0.4, -0.2) is 35.3 Å². The zero-order valence-corrected chi connectivity index (χ0v) is 23.8. The SMILES string of the molecule is CCCCc1nc(-c2ccc(OCCN3c4ccccc4C4C=CC=CC43)cc2)cn1-c1ccc2c(c1)CNCC2. The molecule has 5 nitrogen and oxygen atoms in total. The summed E-state index contributed by atoms with van der Waals surface area (Å²) in [4.78, 5) is 7.58. The van der Waals surface area contributed by atoms with Crippen molar-refractivity contribution in [2.24, 2.45) is 0 Å². The van der Waals surface area contributed by atoms with Crippen LogP contribution in [0, 0.1) is 0 Å². The number of aromatic nitrogens is 2. The number of benzene rings is 3. The van der Waals surface area contributed by atoms with Gasteiger partial charge in [0, 0.05) is 42.0 Å². The van der Waals surface area contributed by atoms with Crippen LogP contribution >= 0.6 is 0 Å². The van der Waals surface area contributed by atoms with Crippen LogP contribution in [0.3, 0.4) is 0 Å². The fraction of sp³-hybridized carbons (Fsp3) is 0.306. The van der Waals surface area contributed by atoms with Crippen molar-refractivity contribution >= 4 is 5.69 Å². The number of aryl methyl sites for hydroxylation is 1. The molecule has 0 spiro atoms. The van der Waals surface area contributed by atoms with Crippen molar-refractivity contribution in [2.45, 2.75) is 51.1 Å². The monoisotopic (exact) mass is 542 g/mol. The van der Waals surface area contributed by atoms with Crippen molar-refractivity contribution in [3.05, 3.63) is 120 Å². The molecule has 3 aliphatic rings. The quantitative estimate of drug-likeness (QED) is 0.247. The van der Waals surface area contributed by atoms with Gasteiger partial charge in [0.1, 0.15) is 18.2 Å². The summed E-state index contributed by atoms with van der Waals surface area (Å²) in [6.07, 6.45) is 15.5. The van der Waals surface area contributed by atoms with E-state index in [4.69, 9.17) is 9.72 Å². The number of fused-ring (bicyclic) bond motifs is 4. The van der Waals surface area contributed by atoms with Gasteiger partial charge >= 0.3 is 0 Å². The predicted molar refractivity (Wildman–Crippen MR) is 167 cm³/mol. The fourth-order valence-electron chi connectivity index (χ4n) is 6.53. The molecule has 1 aromatic heterocycles. The van der Waals surface area contributed by atoms with Crippen LogP contribution in [-0.2, 0) is 19.4 Å². The minimum absolute atomic E-state index is 0.367. The van der Waals surface area contributed by atoms with Gasteiger partial charge in [-0.3, -0.25) is 0 Å². The molecule has 2 unspecified atom stereocenters. The van der Waals surface area contributed by atoms with Crippen molar-refractivity contribution in [3.63, 3.8) is 0 Å². The topological polar surface area (TPSA) is 42.3 Å². The Kier molecular flexibility index (Phi) is 7.20. The standard InChI is InChI=1S/C36H38N4O/c1-2-3-12-36-38-33(25-40(36)29-16-13-26-19-20-37-24-28(26)23-29)27-14-17-30(18-15-27)41-22-21-39-34-10-6-4-8-31(34)32-9-5-7-11-35(32)39/h4-11,13-18,23,25,31,34,37H,2-3,12,19-22,24H2,1H3. The van der Waals surface area contributed by atoms with Crippen molar-refractivity contribution in [1.82, 2.24) is 14.9 Å². The molecule has 7 rings (SSSR count). The van der Waals surface area contributed by atoms with Crippen LogP contribution in [0.1, 0.15) is 48.2 Å². The Morgan fingerprint density at radius 3 is 2.76 bits per heavy atom. The van der Waals surface area contributed by atoms with Gasteiger partial charge in [0.15, 0.2) is 0 Å². The highest BCUT2D eigenvalue weighted by Crippen LogP contribution is 2.43. The molecule has 5 heteroatoms. The van der Waals surface area contributed by atoms with E-state index in [1.54, 1.807) is 0 Å². The van der Waals surface area contributed by atoms with Crippen molar-refractivity contribution in [1.29, 1.82) is 0 Å². The third kappa shape index (κ3) is 5.11. The normalized spacial score (nSPS) is 18.7. The molecule has 0 bridgehead atoms. The van der Waals surface area contributed by atoms with E-state index >= 15 is 0 Å². The number of hydrogen-bond acceptors (Lipinski definition) is 4. The van der Waals surface area contributed by atoms with E-state index in [1.807, 2.05) is 0 Å². The number of nitrogens with one attached hydrogen (secondary N) is 1. The van der Waals surface area contributed by atoms with E-state index in [-0.39, 0.29) is 0 Å². The minimum Gasteiger partial charge on any atom is -0.492 e. The molecule has 0 radical (unpaired) electrons. The van der Waals surface area contributed by atoms with Gasteiger partial charge in [-0.25, -0.2) is 4.98 Å². The molecule has 41 heavy (non-hydrogen) atoms. The second-order valence-electron chi connectivity index (χ2n) is 11.3. The maximum absolute atomic E-state index is 6.24. The summed E-state index contributed by atoms with van der Waals surface area (Å²) in [7, 11) is 0. The van der Waals surface area contributed by atoms with Gasteiger partial charge in [-0.1, -0.05) is 61.9 Å². The summed E-state index contributed by atoms with van der Waals surface area (Å²) in [5.74, 6) is 2.45. The summed E-state index contributed by atoms with van der Waals surface area (Å²) >= 11 is 0. The zero-order chi connectivity index (χ0) is 27.6. The molecule has 2 aliphatic heterocycles. The van der Waals surface area contributed by atoms with Gasteiger partial charge in [-0.2, -0.15) is 0 Å². The lowest BCUT2D eigenvalue weighted by Gasteiger charge is -2.28. The first kappa shape index (κ1) is 25.8. The number of rotatable bonds is 9. The van der Waals surface area contributed by atoms with Gasteiger partial charge in [0.05, 0.1) is 18.3 Å². The number of nitrogens with zero attached hydrogens (tertiary/aromatic N) is 3. The average molecular weight is 543 g/mol. The Balaban J connectivity index is 1.05. The van der Waals surface area contributed by atoms with Crippen LogP contribution in [0.4, 0.5) is 5.69 Å². The molecule has 3 heterocycles. The summed E-state index contributed by atoms with van der Waals surface area (Å²) in [5.41, 5.74) is 8.91. The van der Waals surface area contributed by atoms with Crippen LogP contribution in [0.25, 0.3) is 16.9 Å². The molecule has 0 fully saturated rings.